The largest absolute Gasteiger partial charge is 0.493 e. The molecule has 1 amide bonds. The van der Waals surface area contributed by atoms with Gasteiger partial charge in [-0.25, -0.2) is 5.43 Å². The lowest BCUT2D eigenvalue weighted by molar-refractivity contribution is -0.145. The van der Waals surface area contributed by atoms with Gasteiger partial charge in [-0.2, -0.15) is 5.10 Å². The fourth-order valence-electron chi connectivity index (χ4n) is 4.99. The van der Waals surface area contributed by atoms with E-state index in [4.69, 9.17) is 19.2 Å². The molecule has 2 atom stereocenters. The van der Waals surface area contributed by atoms with Crippen molar-refractivity contribution in [2.45, 2.75) is 57.9 Å². The van der Waals surface area contributed by atoms with E-state index in [2.05, 4.69) is 16.6 Å². The van der Waals surface area contributed by atoms with E-state index in [0.29, 0.717) is 17.4 Å². The molecule has 0 radical (unpaired) electrons. The molecule has 1 heterocycles. The lowest BCUT2D eigenvalue weighted by Crippen LogP contribution is -2.29. The minimum absolute atomic E-state index is 0.231. The summed E-state index contributed by atoms with van der Waals surface area (Å²) >= 11 is 0. The lowest BCUT2D eigenvalue weighted by Gasteiger charge is -2.35. The first-order chi connectivity index (χ1) is 17.4. The number of amides is 1. The topological polar surface area (TPSA) is 98.6 Å². The van der Waals surface area contributed by atoms with Gasteiger partial charge in [0.15, 0.2) is 11.5 Å². The van der Waals surface area contributed by atoms with E-state index in [1.165, 1.54) is 18.4 Å². The van der Waals surface area contributed by atoms with Crippen LogP contribution in [0.15, 0.2) is 46.5 Å². The van der Waals surface area contributed by atoms with E-state index in [0.717, 1.165) is 41.0 Å². The molecular weight excluding hydrogens is 458 g/mol. The molecule has 0 aromatic heterocycles. The summed E-state index contributed by atoms with van der Waals surface area (Å²) in [4.78, 5) is 28.7. The number of ether oxygens (including phenoxy) is 3. The van der Waals surface area contributed by atoms with Gasteiger partial charge >= 0.3 is 5.97 Å². The SMILES string of the molecule is CCOC(=O)CC(=O)NN=C(C)c1cccc(C2=N[C@@H]3CCCC[C@@H]3c3cc(OC)c(OC)cc32)c1. The van der Waals surface area contributed by atoms with E-state index < -0.39 is 11.9 Å². The fraction of sp³-hybridized carbons (Fsp3) is 0.429. The summed E-state index contributed by atoms with van der Waals surface area (Å²) in [6, 6.07) is 12.3. The number of hydrogen-bond donors (Lipinski definition) is 1. The molecule has 1 fully saturated rings. The molecule has 0 saturated heterocycles. The van der Waals surface area contributed by atoms with Crippen molar-refractivity contribution in [3.8, 4) is 11.5 Å². The molecule has 2 aromatic carbocycles. The molecular formula is C28H33N3O5. The average molecular weight is 492 g/mol. The Morgan fingerprint density at radius 3 is 2.58 bits per heavy atom. The molecule has 1 aliphatic carbocycles. The van der Waals surface area contributed by atoms with Gasteiger partial charge in [0.2, 0.25) is 0 Å². The zero-order chi connectivity index (χ0) is 25.7. The molecule has 1 aliphatic heterocycles. The minimum Gasteiger partial charge on any atom is -0.493 e. The summed E-state index contributed by atoms with van der Waals surface area (Å²) in [6.07, 6.45) is 4.19. The van der Waals surface area contributed by atoms with Crippen molar-refractivity contribution in [1.82, 2.24) is 5.43 Å². The van der Waals surface area contributed by atoms with Gasteiger partial charge in [-0.3, -0.25) is 14.6 Å². The number of rotatable bonds is 8. The van der Waals surface area contributed by atoms with Crippen molar-refractivity contribution < 1.29 is 23.8 Å². The molecule has 8 nitrogen and oxygen atoms in total. The molecule has 1 N–H and O–H groups in total. The molecule has 2 aromatic rings. The van der Waals surface area contributed by atoms with E-state index >= 15 is 0 Å². The summed E-state index contributed by atoms with van der Waals surface area (Å²) in [5.41, 5.74) is 8.11. The van der Waals surface area contributed by atoms with Crippen molar-refractivity contribution in [3.05, 3.63) is 58.7 Å². The first-order valence-electron chi connectivity index (χ1n) is 12.4. The van der Waals surface area contributed by atoms with E-state index in [-0.39, 0.29) is 19.1 Å². The van der Waals surface area contributed by atoms with Gasteiger partial charge in [0.05, 0.1) is 38.3 Å². The Balaban J connectivity index is 1.65. The molecule has 2 aliphatic rings. The number of nitrogens with one attached hydrogen (secondary N) is 1. The van der Waals surface area contributed by atoms with Gasteiger partial charge in [0.25, 0.3) is 5.91 Å². The highest BCUT2D eigenvalue weighted by Crippen LogP contribution is 2.44. The standard InChI is InChI=1S/C28H33N3O5/c1-5-36-27(33)16-26(32)31-30-17(2)18-9-8-10-19(13-18)28-22-15-25(35-4)24(34-3)14-21(22)20-11-6-7-12-23(20)29-28/h8-10,13-15,20,23H,5-7,11-12,16H2,1-4H3,(H,31,32)/t20-,23-/m1/s1. The molecule has 1 saturated carbocycles. The van der Waals surface area contributed by atoms with Gasteiger partial charge in [-0.1, -0.05) is 31.0 Å². The van der Waals surface area contributed by atoms with Crippen LogP contribution in [0.5, 0.6) is 11.5 Å². The van der Waals surface area contributed by atoms with Crippen molar-refractivity contribution in [2.24, 2.45) is 10.1 Å². The van der Waals surface area contributed by atoms with E-state index in [1.807, 2.05) is 37.3 Å². The third-order valence-electron chi connectivity index (χ3n) is 6.75. The Hall–Kier alpha value is -3.68. The summed E-state index contributed by atoms with van der Waals surface area (Å²) in [7, 11) is 3.31. The predicted molar refractivity (Wildman–Crippen MR) is 138 cm³/mol. The second kappa shape index (κ2) is 11.4. The third kappa shape index (κ3) is 5.42. The Bertz CT molecular complexity index is 1200. The van der Waals surface area contributed by atoms with Gasteiger partial charge in [-0.15, -0.1) is 0 Å². The number of carbonyl (C=O) groups excluding carboxylic acids is 2. The van der Waals surface area contributed by atoms with Crippen LogP contribution in [0, 0.1) is 0 Å². The number of aliphatic imine (C=N–C) groups is 1. The zero-order valence-electron chi connectivity index (χ0n) is 21.3. The number of hydrogen-bond acceptors (Lipinski definition) is 7. The molecule has 36 heavy (non-hydrogen) atoms. The Morgan fingerprint density at radius 2 is 1.83 bits per heavy atom. The first kappa shape index (κ1) is 25.4. The summed E-state index contributed by atoms with van der Waals surface area (Å²) < 4.78 is 16.0. The fourth-order valence-corrected chi connectivity index (χ4v) is 4.99. The average Bonchev–Trinajstić information content (AvgIpc) is 2.90. The van der Waals surface area contributed by atoms with Crippen molar-refractivity contribution in [2.75, 3.05) is 20.8 Å². The van der Waals surface area contributed by atoms with Crippen LogP contribution in [-0.4, -0.2) is 50.2 Å². The summed E-state index contributed by atoms with van der Waals surface area (Å²) in [5.74, 6) is 0.692. The van der Waals surface area contributed by atoms with Gasteiger partial charge in [0, 0.05) is 17.0 Å². The van der Waals surface area contributed by atoms with Crippen molar-refractivity contribution in [1.29, 1.82) is 0 Å². The maximum Gasteiger partial charge on any atom is 0.315 e. The quantitative estimate of drug-likeness (QED) is 0.256. The van der Waals surface area contributed by atoms with Crippen LogP contribution in [0.3, 0.4) is 0 Å². The number of hydrazone groups is 1. The maximum absolute atomic E-state index is 12.0. The Kier molecular flexibility index (Phi) is 8.03. The van der Waals surface area contributed by atoms with Crippen LogP contribution in [-0.2, 0) is 14.3 Å². The lowest BCUT2D eigenvalue weighted by atomic mass is 9.75. The minimum atomic E-state index is -0.577. The Labute approximate surface area is 211 Å². The van der Waals surface area contributed by atoms with Crippen molar-refractivity contribution >= 4 is 23.3 Å². The predicted octanol–water partition coefficient (Wildman–Crippen LogP) is 4.37. The highest BCUT2D eigenvalue weighted by atomic mass is 16.5. The van der Waals surface area contributed by atoms with Crippen LogP contribution >= 0.6 is 0 Å². The molecule has 0 unspecified atom stereocenters. The summed E-state index contributed by atoms with van der Waals surface area (Å²) in [6.45, 7) is 3.74. The second-order valence-corrected chi connectivity index (χ2v) is 9.03. The monoisotopic (exact) mass is 491 g/mol. The molecule has 4 rings (SSSR count). The first-order valence-corrected chi connectivity index (χ1v) is 12.4. The van der Waals surface area contributed by atoms with E-state index in [9.17, 15) is 9.59 Å². The number of methoxy groups -OCH3 is 2. The van der Waals surface area contributed by atoms with Crippen LogP contribution in [0.1, 0.15) is 74.1 Å². The van der Waals surface area contributed by atoms with Crippen LogP contribution in [0.4, 0.5) is 0 Å². The smallest absolute Gasteiger partial charge is 0.315 e. The van der Waals surface area contributed by atoms with Crippen LogP contribution in [0.2, 0.25) is 0 Å². The van der Waals surface area contributed by atoms with Crippen LogP contribution in [0.25, 0.3) is 0 Å². The van der Waals surface area contributed by atoms with Crippen LogP contribution < -0.4 is 14.9 Å². The highest BCUT2D eigenvalue weighted by molar-refractivity contribution is 6.16. The third-order valence-corrected chi connectivity index (χ3v) is 6.75. The second-order valence-electron chi connectivity index (χ2n) is 9.03. The zero-order valence-corrected chi connectivity index (χ0v) is 21.3. The number of esters is 1. The molecule has 8 heteroatoms. The molecule has 0 spiro atoms. The normalized spacial score (nSPS) is 18.9. The number of carbonyl (C=O) groups is 2. The molecule has 190 valence electrons. The maximum atomic E-state index is 12.0. The summed E-state index contributed by atoms with van der Waals surface area (Å²) in [5, 5.41) is 4.19. The Morgan fingerprint density at radius 1 is 1.08 bits per heavy atom. The number of nitrogens with zero attached hydrogens (tertiary/aromatic N) is 2. The van der Waals surface area contributed by atoms with E-state index in [1.54, 1.807) is 21.1 Å². The number of benzene rings is 2. The van der Waals surface area contributed by atoms with Gasteiger partial charge in [0.1, 0.15) is 6.42 Å². The highest BCUT2D eigenvalue weighted by Gasteiger charge is 2.34. The number of fused-ring (bicyclic) bond motifs is 3. The van der Waals surface area contributed by atoms with Crippen molar-refractivity contribution in [3.63, 3.8) is 0 Å². The molecule has 0 bridgehead atoms. The van der Waals surface area contributed by atoms with Gasteiger partial charge in [-0.05, 0) is 56.0 Å². The van der Waals surface area contributed by atoms with Gasteiger partial charge < -0.3 is 14.2 Å².